The molecule has 1 fully saturated rings. The zero-order valence-corrected chi connectivity index (χ0v) is 6.97. The Morgan fingerprint density at radius 1 is 1.30 bits per heavy atom. The summed E-state index contributed by atoms with van der Waals surface area (Å²) in [6.45, 7) is 7.84. The van der Waals surface area contributed by atoms with Gasteiger partial charge >= 0.3 is 0 Å². The van der Waals surface area contributed by atoms with Crippen molar-refractivity contribution in [2.75, 3.05) is 0 Å². The fourth-order valence-corrected chi connectivity index (χ4v) is 1.95. The Bertz CT molecular complexity index is 78.0. The summed E-state index contributed by atoms with van der Waals surface area (Å²) in [5.41, 5.74) is 0. The maximum absolute atomic E-state index is 5.72. The number of hydrogen-bond donors (Lipinski definition) is 0. The van der Waals surface area contributed by atoms with E-state index in [1.165, 1.54) is 38.5 Å². The normalized spacial score (nSPS) is 21.9. The summed E-state index contributed by atoms with van der Waals surface area (Å²) >= 11 is 0. The Balaban J connectivity index is 2.13. The topological polar surface area (TPSA) is 0 Å². The van der Waals surface area contributed by atoms with E-state index in [2.05, 4.69) is 6.92 Å². The molecular formula is C10H18. The second-order valence-electron chi connectivity index (χ2n) is 3.72. The molecule has 1 atom stereocenters. The Labute approximate surface area is 65.0 Å². The Kier molecular flexibility index (Phi) is 3.24. The molecule has 0 amide bonds. The van der Waals surface area contributed by atoms with E-state index in [4.69, 9.17) is 6.92 Å². The fraction of sp³-hybridized carbons (Fsp3) is 0.900. The van der Waals surface area contributed by atoms with Gasteiger partial charge in [0.2, 0.25) is 0 Å². The average Bonchev–Trinajstić information content (AvgIpc) is 1.88. The number of hydrogen-bond acceptors (Lipinski definition) is 0. The second kappa shape index (κ2) is 4.00. The van der Waals surface area contributed by atoms with Crippen LogP contribution in [0.3, 0.4) is 0 Å². The van der Waals surface area contributed by atoms with Crippen molar-refractivity contribution in [3.8, 4) is 0 Å². The van der Waals surface area contributed by atoms with Gasteiger partial charge in [-0.1, -0.05) is 39.0 Å². The lowest BCUT2D eigenvalue weighted by Gasteiger charge is -2.22. The third kappa shape index (κ3) is 2.72. The van der Waals surface area contributed by atoms with Gasteiger partial charge in [-0.15, -0.1) is 0 Å². The van der Waals surface area contributed by atoms with E-state index < -0.39 is 0 Å². The summed E-state index contributed by atoms with van der Waals surface area (Å²) < 4.78 is 0. The van der Waals surface area contributed by atoms with Gasteiger partial charge in [-0.2, -0.15) is 0 Å². The minimum atomic E-state index is 0.420. The van der Waals surface area contributed by atoms with Gasteiger partial charge in [0.15, 0.2) is 0 Å². The molecule has 1 aliphatic rings. The van der Waals surface area contributed by atoms with Gasteiger partial charge in [0, 0.05) is 0 Å². The van der Waals surface area contributed by atoms with Crippen molar-refractivity contribution in [1.29, 1.82) is 0 Å². The lowest BCUT2D eigenvalue weighted by Crippen LogP contribution is -2.08. The van der Waals surface area contributed by atoms with Crippen LogP contribution in [-0.4, -0.2) is 0 Å². The molecular weight excluding hydrogens is 120 g/mol. The van der Waals surface area contributed by atoms with Crippen LogP contribution in [0.1, 0.15) is 45.4 Å². The maximum atomic E-state index is 5.72. The van der Waals surface area contributed by atoms with Crippen molar-refractivity contribution in [1.82, 2.24) is 0 Å². The zero-order valence-electron chi connectivity index (χ0n) is 6.97. The Morgan fingerprint density at radius 3 is 2.40 bits per heavy atom. The molecule has 58 valence electrons. The van der Waals surface area contributed by atoms with Crippen LogP contribution in [0.2, 0.25) is 0 Å². The van der Waals surface area contributed by atoms with Crippen LogP contribution in [0.25, 0.3) is 0 Å². The molecule has 0 saturated heterocycles. The molecule has 2 radical (unpaired) electrons. The minimum absolute atomic E-state index is 0.420. The van der Waals surface area contributed by atoms with Crippen LogP contribution in [0.4, 0.5) is 0 Å². The van der Waals surface area contributed by atoms with Crippen molar-refractivity contribution in [2.45, 2.75) is 45.4 Å². The van der Waals surface area contributed by atoms with Crippen molar-refractivity contribution >= 4 is 0 Å². The quantitative estimate of drug-likeness (QED) is 0.549. The van der Waals surface area contributed by atoms with Crippen LogP contribution < -0.4 is 0 Å². The van der Waals surface area contributed by atoms with Crippen molar-refractivity contribution in [3.63, 3.8) is 0 Å². The molecule has 0 aromatic carbocycles. The highest BCUT2D eigenvalue weighted by atomic mass is 14.2. The molecule has 0 aromatic heterocycles. The van der Waals surface area contributed by atoms with E-state index in [1.54, 1.807) is 0 Å². The zero-order chi connectivity index (χ0) is 7.40. The third-order valence-corrected chi connectivity index (χ3v) is 2.43. The fourth-order valence-electron chi connectivity index (χ4n) is 1.95. The van der Waals surface area contributed by atoms with Gasteiger partial charge in [0.05, 0.1) is 0 Å². The second-order valence-corrected chi connectivity index (χ2v) is 3.72. The third-order valence-electron chi connectivity index (χ3n) is 2.43. The predicted octanol–water partition coefficient (Wildman–Crippen LogP) is 3.30. The maximum Gasteiger partial charge on any atom is -0.0321 e. The van der Waals surface area contributed by atoms with E-state index in [1.807, 2.05) is 0 Å². The molecule has 1 aliphatic carbocycles. The first-order valence-corrected chi connectivity index (χ1v) is 4.54. The van der Waals surface area contributed by atoms with E-state index in [0.29, 0.717) is 5.92 Å². The minimum Gasteiger partial charge on any atom is -0.0622 e. The molecule has 0 aliphatic heterocycles. The molecule has 0 heteroatoms. The van der Waals surface area contributed by atoms with Crippen LogP contribution in [0.15, 0.2) is 0 Å². The van der Waals surface area contributed by atoms with Crippen LogP contribution >= 0.6 is 0 Å². The molecule has 0 nitrogen and oxygen atoms in total. The van der Waals surface area contributed by atoms with Crippen molar-refractivity contribution < 1.29 is 0 Å². The van der Waals surface area contributed by atoms with Crippen molar-refractivity contribution in [2.24, 2.45) is 11.8 Å². The van der Waals surface area contributed by atoms with Crippen LogP contribution in [0, 0.1) is 18.8 Å². The summed E-state index contributed by atoms with van der Waals surface area (Å²) in [6, 6.07) is 0. The highest BCUT2D eigenvalue weighted by Crippen LogP contribution is 2.28. The average molecular weight is 138 g/mol. The highest BCUT2D eigenvalue weighted by molar-refractivity contribution is 4.68. The first kappa shape index (κ1) is 8.10. The standard InChI is InChI=1S/C10H18/c1-9(2)8-10-6-4-3-5-7-10/h1,9-10H,3-8H2,2H3. The van der Waals surface area contributed by atoms with E-state index in [9.17, 15) is 0 Å². The van der Waals surface area contributed by atoms with Gasteiger partial charge in [-0.25, -0.2) is 0 Å². The molecule has 0 N–H and O–H groups in total. The monoisotopic (exact) mass is 138 g/mol. The molecule has 0 aromatic rings. The predicted molar refractivity (Wildman–Crippen MR) is 44.7 cm³/mol. The highest BCUT2D eigenvalue weighted by Gasteiger charge is 2.13. The van der Waals surface area contributed by atoms with E-state index in [0.717, 1.165) is 5.92 Å². The van der Waals surface area contributed by atoms with Gasteiger partial charge in [-0.3, -0.25) is 0 Å². The smallest absolute Gasteiger partial charge is 0.0321 e. The lowest BCUT2D eigenvalue weighted by molar-refractivity contribution is 0.314. The van der Waals surface area contributed by atoms with Crippen LogP contribution in [-0.2, 0) is 0 Å². The van der Waals surface area contributed by atoms with E-state index >= 15 is 0 Å². The largest absolute Gasteiger partial charge is 0.0622 e. The van der Waals surface area contributed by atoms with Crippen molar-refractivity contribution in [3.05, 3.63) is 6.92 Å². The molecule has 1 unspecified atom stereocenters. The lowest BCUT2D eigenvalue weighted by atomic mass is 9.84. The first-order valence-electron chi connectivity index (χ1n) is 4.54. The summed E-state index contributed by atoms with van der Waals surface area (Å²) in [6.07, 6.45) is 8.45. The van der Waals surface area contributed by atoms with E-state index in [-0.39, 0.29) is 0 Å². The molecule has 0 heterocycles. The molecule has 0 bridgehead atoms. The Morgan fingerprint density at radius 2 is 1.90 bits per heavy atom. The van der Waals surface area contributed by atoms with Gasteiger partial charge in [0.25, 0.3) is 0 Å². The first-order chi connectivity index (χ1) is 4.79. The molecule has 1 rings (SSSR count). The Hall–Kier alpha value is 0. The summed E-state index contributed by atoms with van der Waals surface area (Å²) in [5, 5.41) is 0. The molecule has 1 saturated carbocycles. The molecule has 10 heavy (non-hydrogen) atoms. The van der Waals surface area contributed by atoms with Crippen LogP contribution in [0.5, 0.6) is 0 Å². The summed E-state index contributed by atoms with van der Waals surface area (Å²) in [4.78, 5) is 0. The van der Waals surface area contributed by atoms with Gasteiger partial charge in [-0.05, 0) is 25.2 Å². The van der Waals surface area contributed by atoms with Gasteiger partial charge < -0.3 is 0 Å². The molecule has 0 spiro atoms. The summed E-state index contributed by atoms with van der Waals surface area (Å²) in [5.74, 6) is 1.37. The number of rotatable bonds is 2. The van der Waals surface area contributed by atoms with Gasteiger partial charge in [0.1, 0.15) is 0 Å². The summed E-state index contributed by atoms with van der Waals surface area (Å²) in [7, 11) is 0. The SMILES string of the molecule is [CH]C(C)CC1CCCCC1.